The van der Waals surface area contributed by atoms with Gasteiger partial charge >= 0.3 is 5.69 Å². The lowest BCUT2D eigenvalue weighted by Gasteiger charge is -2.20. The summed E-state index contributed by atoms with van der Waals surface area (Å²) in [7, 11) is 0. The molecule has 0 radical (unpaired) electrons. The number of nitrogens with one attached hydrogen (secondary N) is 1. The third-order valence-corrected chi connectivity index (χ3v) is 3.95. The Balaban J connectivity index is 1.93. The van der Waals surface area contributed by atoms with Crippen molar-refractivity contribution in [2.24, 2.45) is 0 Å². The molecule has 0 aromatic carbocycles. The Morgan fingerprint density at radius 3 is 3.00 bits per heavy atom. The number of hydrogen-bond donors (Lipinski definition) is 2. The number of H-pyrrole nitrogens is 1. The van der Waals surface area contributed by atoms with Crippen LogP contribution in [0.4, 0.5) is 0 Å². The quantitative estimate of drug-likeness (QED) is 0.729. The first kappa shape index (κ1) is 12.6. The van der Waals surface area contributed by atoms with Gasteiger partial charge in [-0.3, -0.25) is 19.2 Å². The third kappa shape index (κ3) is 2.03. The second-order valence-corrected chi connectivity index (χ2v) is 5.19. The minimum absolute atomic E-state index is 0.0143. The van der Waals surface area contributed by atoms with Gasteiger partial charge in [0.15, 0.2) is 0 Å². The molecule has 3 atom stereocenters. The summed E-state index contributed by atoms with van der Waals surface area (Å²) in [6.07, 6.45) is 2.93. The van der Waals surface area contributed by atoms with Crippen molar-refractivity contribution in [2.45, 2.75) is 38.0 Å². The Kier molecular flexibility index (Phi) is 3.04. The maximum Gasteiger partial charge on any atom is 0.328 e. The first-order chi connectivity index (χ1) is 9.10. The Labute approximate surface area is 109 Å². The van der Waals surface area contributed by atoms with E-state index in [2.05, 4.69) is 4.98 Å². The molecule has 19 heavy (non-hydrogen) atoms. The lowest BCUT2D eigenvalue weighted by Crippen LogP contribution is -2.37. The molecule has 1 aromatic rings. The van der Waals surface area contributed by atoms with Crippen LogP contribution in [-0.2, 0) is 4.84 Å². The monoisotopic (exact) mass is 267 g/mol. The van der Waals surface area contributed by atoms with Gasteiger partial charge in [0.05, 0.1) is 18.7 Å². The maximum absolute atomic E-state index is 11.9. The SMILES string of the molecule is Cc1cn([C@@H]2CCN3O[C@@H](CO)C[C@H]23)c(=O)[nH]c1=O. The van der Waals surface area contributed by atoms with E-state index in [0.29, 0.717) is 12.0 Å². The van der Waals surface area contributed by atoms with Gasteiger partial charge in [-0.05, 0) is 19.8 Å². The van der Waals surface area contributed by atoms with E-state index in [4.69, 9.17) is 9.94 Å². The maximum atomic E-state index is 11.9. The van der Waals surface area contributed by atoms with Gasteiger partial charge in [0.1, 0.15) is 6.10 Å². The molecule has 2 saturated heterocycles. The number of aromatic nitrogens is 2. The molecule has 0 bridgehead atoms. The zero-order chi connectivity index (χ0) is 13.6. The Hall–Kier alpha value is -1.44. The Morgan fingerprint density at radius 1 is 1.47 bits per heavy atom. The van der Waals surface area contributed by atoms with Crippen molar-refractivity contribution >= 4 is 0 Å². The van der Waals surface area contributed by atoms with Crippen molar-refractivity contribution in [3.05, 3.63) is 32.6 Å². The highest BCUT2D eigenvalue weighted by Gasteiger charge is 2.44. The zero-order valence-electron chi connectivity index (χ0n) is 10.7. The summed E-state index contributed by atoms with van der Waals surface area (Å²) in [4.78, 5) is 31.2. The minimum Gasteiger partial charge on any atom is -0.394 e. The van der Waals surface area contributed by atoms with Crippen LogP contribution in [0.25, 0.3) is 0 Å². The van der Waals surface area contributed by atoms with E-state index < -0.39 is 0 Å². The molecule has 0 unspecified atom stereocenters. The smallest absolute Gasteiger partial charge is 0.328 e. The van der Waals surface area contributed by atoms with E-state index in [0.717, 1.165) is 13.0 Å². The van der Waals surface area contributed by atoms with Crippen molar-refractivity contribution in [1.29, 1.82) is 0 Å². The lowest BCUT2D eigenvalue weighted by atomic mass is 10.0. The standard InChI is InChI=1S/C12H17N3O4/c1-7-5-14(12(18)13-11(7)17)9-2-3-15-10(9)4-8(6-16)19-15/h5,8-10,16H,2-4,6H2,1H3,(H,13,17,18)/t8-,9-,10-/m1/s1. The molecule has 7 nitrogen and oxygen atoms in total. The van der Waals surface area contributed by atoms with Gasteiger partial charge in [-0.25, -0.2) is 4.79 Å². The first-order valence-electron chi connectivity index (χ1n) is 6.46. The number of hydrogen-bond acceptors (Lipinski definition) is 5. The van der Waals surface area contributed by atoms with Crippen molar-refractivity contribution < 1.29 is 9.94 Å². The number of aliphatic hydroxyl groups excluding tert-OH is 1. The molecular formula is C12H17N3O4. The summed E-state index contributed by atoms with van der Waals surface area (Å²) in [6.45, 7) is 2.40. The molecule has 2 N–H and O–H groups in total. The molecule has 3 heterocycles. The van der Waals surface area contributed by atoms with E-state index in [1.165, 1.54) is 0 Å². The van der Waals surface area contributed by atoms with Crippen LogP contribution in [0, 0.1) is 6.92 Å². The van der Waals surface area contributed by atoms with Crippen molar-refractivity contribution in [3.8, 4) is 0 Å². The molecule has 1 aromatic heterocycles. The van der Waals surface area contributed by atoms with Crippen LogP contribution >= 0.6 is 0 Å². The fourth-order valence-electron chi connectivity index (χ4n) is 2.98. The van der Waals surface area contributed by atoms with E-state index in [9.17, 15) is 9.59 Å². The van der Waals surface area contributed by atoms with Gasteiger partial charge in [0.25, 0.3) is 5.56 Å². The molecule has 2 aliphatic rings. The average molecular weight is 267 g/mol. The lowest BCUT2D eigenvalue weighted by molar-refractivity contribution is -0.157. The van der Waals surface area contributed by atoms with Gasteiger partial charge < -0.3 is 5.11 Å². The molecule has 0 aliphatic carbocycles. The Morgan fingerprint density at radius 2 is 2.26 bits per heavy atom. The Bertz CT molecular complexity index is 593. The topological polar surface area (TPSA) is 87.6 Å². The van der Waals surface area contributed by atoms with Crippen LogP contribution in [0.1, 0.15) is 24.4 Å². The normalized spacial score (nSPS) is 30.7. The number of aromatic amines is 1. The second-order valence-electron chi connectivity index (χ2n) is 5.19. The van der Waals surface area contributed by atoms with Gasteiger partial charge in [-0.2, -0.15) is 5.06 Å². The summed E-state index contributed by atoms with van der Waals surface area (Å²) in [6, 6.07) is 0.0692. The molecule has 104 valence electrons. The number of nitrogens with zero attached hydrogens (tertiary/aromatic N) is 2. The third-order valence-electron chi connectivity index (χ3n) is 3.95. The second kappa shape index (κ2) is 4.59. The predicted molar refractivity (Wildman–Crippen MR) is 66.8 cm³/mol. The number of rotatable bonds is 2. The minimum atomic E-state index is -0.380. The van der Waals surface area contributed by atoms with Gasteiger partial charge in [-0.15, -0.1) is 0 Å². The van der Waals surface area contributed by atoms with Crippen LogP contribution in [0.3, 0.4) is 0 Å². The molecule has 0 spiro atoms. The first-order valence-corrected chi connectivity index (χ1v) is 6.46. The number of aryl methyl sites for hydroxylation is 1. The van der Waals surface area contributed by atoms with Crippen molar-refractivity contribution in [2.75, 3.05) is 13.2 Å². The summed E-state index contributed by atoms with van der Waals surface area (Å²) in [5, 5.41) is 11.0. The average Bonchev–Trinajstić information content (AvgIpc) is 2.93. The largest absolute Gasteiger partial charge is 0.394 e. The van der Waals surface area contributed by atoms with E-state index in [-0.39, 0.29) is 36.0 Å². The van der Waals surface area contributed by atoms with Crippen LogP contribution in [0.15, 0.2) is 15.8 Å². The van der Waals surface area contributed by atoms with Gasteiger partial charge in [0.2, 0.25) is 0 Å². The molecule has 7 heteroatoms. The number of hydroxylamine groups is 2. The summed E-state index contributed by atoms with van der Waals surface area (Å²) in [5.74, 6) is 0. The molecule has 0 saturated carbocycles. The molecule has 3 rings (SSSR count). The van der Waals surface area contributed by atoms with Crippen LogP contribution < -0.4 is 11.2 Å². The summed E-state index contributed by atoms with van der Waals surface area (Å²) >= 11 is 0. The van der Waals surface area contributed by atoms with Crippen LogP contribution in [0.2, 0.25) is 0 Å². The molecule has 2 aliphatic heterocycles. The van der Waals surface area contributed by atoms with E-state index >= 15 is 0 Å². The highest BCUT2D eigenvalue weighted by atomic mass is 16.7. The molecule has 0 amide bonds. The van der Waals surface area contributed by atoms with Gasteiger partial charge in [0, 0.05) is 18.3 Å². The van der Waals surface area contributed by atoms with Crippen LogP contribution in [0.5, 0.6) is 0 Å². The number of fused-ring (bicyclic) bond motifs is 1. The summed E-state index contributed by atoms with van der Waals surface area (Å²) < 4.78 is 1.59. The molecular weight excluding hydrogens is 250 g/mol. The summed E-state index contributed by atoms with van der Waals surface area (Å²) in [5.41, 5.74) is -0.197. The fraction of sp³-hybridized carbons (Fsp3) is 0.667. The predicted octanol–water partition coefficient (Wildman–Crippen LogP) is -0.843. The van der Waals surface area contributed by atoms with Crippen LogP contribution in [-0.4, -0.2) is 45.0 Å². The van der Waals surface area contributed by atoms with Crippen molar-refractivity contribution in [1.82, 2.24) is 14.6 Å². The number of aliphatic hydroxyl groups is 1. The fourth-order valence-corrected chi connectivity index (χ4v) is 2.98. The highest BCUT2D eigenvalue weighted by molar-refractivity contribution is 5.04. The van der Waals surface area contributed by atoms with E-state index in [1.807, 2.05) is 5.06 Å². The van der Waals surface area contributed by atoms with Gasteiger partial charge in [-0.1, -0.05) is 0 Å². The molecule has 2 fully saturated rings. The zero-order valence-corrected chi connectivity index (χ0v) is 10.7. The van der Waals surface area contributed by atoms with E-state index in [1.54, 1.807) is 17.7 Å². The highest BCUT2D eigenvalue weighted by Crippen LogP contribution is 2.36. The van der Waals surface area contributed by atoms with Crippen molar-refractivity contribution in [3.63, 3.8) is 0 Å².